The summed E-state index contributed by atoms with van der Waals surface area (Å²) in [6.45, 7) is 0. The summed E-state index contributed by atoms with van der Waals surface area (Å²) in [5.41, 5.74) is 3.14. The number of rotatable bonds is 3. The third kappa shape index (κ3) is 2.54. The molecule has 0 bridgehead atoms. The molecule has 0 fully saturated rings. The molecule has 1 aliphatic heterocycles. The maximum atomic E-state index is 11.6. The molecule has 2 aromatic carbocycles. The van der Waals surface area contributed by atoms with Crippen LogP contribution in [0.3, 0.4) is 0 Å². The minimum atomic E-state index is -0.380. The SMILES string of the molecule is COC(=O)c1ccc([C@H]2Nc3c(cccc3[N+](=O)[O-])[C@H]3C=CC[C@@H]32)cc1. The van der Waals surface area contributed by atoms with Crippen LogP contribution in [0.5, 0.6) is 0 Å². The molecule has 1 aliphatic carbocycles. The molecule has 0 spiro atoms. The molecule has 1 heterocycles. The summed E-state index contributed by atoms with van der Waals surface area (Å²) in [5.74, 6) is 0.0551. The van der Waals surface area contributed by atoms with Gasteiger partial charge in [0.1, 0.15) is 5.69 Å². The summed E-state index contributed by atoms with van der Waals surface area (Å²) in [4.78, 5) is 22.8. The van der Waals surface area contributed by atoms with Crippen LogP contribution < -0.4 is 5.32 Å². The molecule has 0 amide bonds. The normalized spacial score (nSPS) is 22.9. The van der Waals surface area contributed by atoms with E-state index in [1.807, 2.05) is 18.2 Å². The second-order valence-electron chi connectivity index (χ2n) is 6.59. The molecule has 0 saturated carbocycles. The Morgan fingerprint density at radius 2 is 2.00 bits per heavy atom. The van der Waals surface area contributed by atoms with E-state index in [1.165, 1.54) is 13.2 Å². The number of allylic oxidation sites excluding steroid dienone is 2. The Morgan fingerprint density at radius 3 is 2.69 bits per heavy atom. The van der Waals surface area contributed by atoms with E-state index in [0.29, 0.717) is 11.3 Å². The molecule has 6 nitrogen and oxygen atoms in total. The first-order chi connectivity index (χ1) is 12.6. The molecule has 6 heteroatoms. The van der Waals surface area contributed by atoms with E-state index >= 15 is 0 Å². The Bertz CT molecular complexity index is 905. The topological polar surface area (TPSA) is 81.5 Å². The Hall–Kier alpha value is -3.15. The lowest BCUT2D eigenvalue weighted by Gasteiger charge is -2.37. The second-order valence-corrected chi connectivity index (χ2v) is 6.59. The van der Waals surface area contributed by atoms with E-state index in [2.05, 4.69) is 17.5 Å². The third-order valence-electron chi connectivity index (χ3n) is 5.26. The van der Waals surface area contributed by atoms with Gasteiger partial charge in [-0.1, -0.05) is 36.4 Å². The quantitative estimate of drug-likeness (QED) is 0.388. The van der Waals surface area contributed by atoms with Crippen molar-refractivity contribution in [2.24, 2.45) is 5.92 Å². The van der Waals surface area contributed by atoms with Crippen LogP contribution in [0.25, 0.3) is 0 Å². The van der Waals surface area contributed by atoms with Crippen molar-refractivity contribution < 1.29 is 14.5 Å². The highest BCUT2D eigenvalue weighted by atomic mass is 16.6. The van der Waals surface area contributed by atoms with E-state index in [-0.39, 0.29) is 34.5 Å². The number of anilines is 1. The van der Waals surface area contributed by atoms with Crippen molar-refractivity contribution in [1.82, 2.24) is 0 Å². The van der Waals surface area contributed by atoms with Gasteiger partial charge in [0.15, 0.2) is 0 Å². The molecule has 0 unspecified atom stereocenters. The number of nitro benzene ring substituents is 1. The van der Waals surface area contributed by atoms with Gasteiger partial charge in [0.05, 0.1) is 23.6 Å². The summed E-state index contributed by atoms with van der Waals surface area (Å²) in [7, 11) is 1.35. The summed E-state index contributed by atoms with van der Waals surface area (Å²) in [6, 6.07) is 12.4. The van der Waals surface area contributed by atoms with Crippen molar-refractivity contribution in [3.05, 3.63) is 81.4 Å². The van der Waals surface area contributed by atoms with Gasteiger partial charge in [0.2, 0.25) is 0 Å². The van der Waals surface area contributed by atoms with Gasteiger partial charge in [-0.2, -0.15) is 0 Å². The van der Waals surface area contributed by atoms with Gasteiger partial charge in [-0.25, -0.2) is 4.79 Å². The lowest BCUT2D eigenvalue weighted by Crippen LogP contribution is -2.29. The molecule has 26 heavy (non-hydrogen) atoms. The molecule has 0 radical (unpaired) electrons. The van der Waals surface area contributed by atoms with Gasteiger partial charge in [-0.3, -0.25) is 10.1 Å². The fraction of sp³-hybridized carbons (Fsp3) is 0.250. The van der Waals surface area contributed by atoms with Crippen molar-refractivity contribution >= 4 is 17.3 Å². The van der Waals surface area contributed by atoms with Gasteiger partial charge in [0.25, 0.3) is 5.69 Å². The van der Waals surface area contributed by atoms with Crippen LogP contribution >= 0.6 is 0 Å². The zero-order valence-electron chi connectivity index (χ0n) is 14.2. The molecular formula is C20H18N2O4. The van der Waals surface area contributed by atoms with Gasteiger partial charge < -0.3 is 10.1 Å². The number of benzene rings is 2. The summed E-state index contributed by atoms with van der Waals surface area (Å²) in [5, 5.41) is 14.9. The highest BCUT2D eigenvalue weighted by molar-refractivity contribution is 5.89. The maximum absolute atomic E-state index is 11.6. The summed E-state index contributed by atoms with van der Waals surface area (Å²) in [6.07, 6.45) is 5.19. The predicted octanol–water partition coefficient (Wildman–Crippen LogP) is 4.21. The molecule has 132 valence electrons. The Labute approximate surface area is 150 Å². The van der Waals surface area contributed by atoms with Crippen molar-refractivity contribution in [2.75, 3.05) is 12.4 Å². The monoisotopic (exact) mass is 350 g/mol. The molecule has 1 N–H and O–H groups in total. The van der Waals surface area contributed by atoms with Gasteiger partial charge in [-0.05, 0) is 35.6 Å². The fourth-order valence-corrected chi connectivity index (χ4v) is 4.03. The van der Waals surface area contributed by atoms with Crippen molar-refractivity contribution in [3.8, 4) is 0 Å². The molecule has 0 aromatic heterocycles. The number of fused-ring (bicyclic) bond motifs is 3. The lowest BCUT2D eigenvalue weighted by molar-refractivity contribution is -0.384. The van der Waals surface area contributed by atoms with Crippen LogP contribution in [0.4, 0.5) is 11.4 Å². The van der Waals surface area contributed by atoms with Gasteiger partial charge >= 0.3 is 5.97 Å². The number of carbonyl (C=O) groups is 1. The molecule has 2 aromatic rings. The first-order valence-electron chi connectivity index (χ1n) is 8.49. The van der Waals surface area contributed by atoms with E-state index < -0.39 is 0 Å². The standard InChI is InChI=1S/C20H18N2O4/c1-26-20(23)13-10-8-12(9-11-13)18-15-5-2-4-14(15)16-6-3-7-17(22(24)25)19(16)21-18/h2-4,6-11,14-15,18,21H,5H2,1H3/t14-,15-,18+/m0/s1. The zero-order chi connectivity index (χ0) is 18.3. The minimum absolute atomic E-state index is 0.0599. The average Bonchev–Trinajstić information content (AvgIpc) is 3.16. The number of para-hydroxylation sites is 1. The summed E-state index contributed by atoms with van der Waals surface area (Å²) < 4.78 is 4.74. The van der Waals surface area contributed by atoms with Gasteiger partial charge in [-0.15, -0.1) is 0 Å². The van der Waals surface area contributed by atoms with Crippen LogP contribution in [0.15, 0.2) is 54.6 Å². The predicted molar refractivity (Wildman–Crippen MR) is 97.2 cm³/mol. The third-order valence-corrected chi connectivity index (χ3v) is 5.26. The largest absolute Gasteiger partial charge is 0.465 e. The number of methoxy groups -OCH3 is 1. The molecular weight excluding hydrogens is 332 g/mol. The average molecular weight is 350 g/mol. The number of hydrogen-bond acceptors (Lipinski definition) is 5. The molecule has 0 saturated heterocycles. The van der Waals surface area contributed by atoms with E-state index in [0.717, 1.165) is 17.5 Å². The first kappa shape index (κ1) is 16.3. The molecule has 2 aliphatic rings. The minimum Gasteiger partial charge on any atom is -0.465 e. The number of hydrogen-bond donors (Lipinski definition) is 1. The summed E-state index contributed by atoms with van der Waals surface area (Å²) >= 11 is 0. The Balaban J connectivity index is 1.75. The number of esters is 1. The van der Waals surface area contributed by atoms with Crippen molar-refractivity contribution in [2.45, 2.75) is 18.4 Å². The Morgan fingerprint density at radius 1 is 1.23 bits per heavy atom. The van der Waals surface area contributed by atoms with Crippen LogP contribution in [0.2, 0.25) is 0 Å². The van der Waals surface area contributed by atoms with Crippen LogP contribution in [-0.4, -0.2) is 18.0 Å². The maximum Gasteiger partial charge on any atom is 0.337 e. The smallest absolute Gasteiger partial charge is 0.337 e. The van der Waals surface area contributed by atoms with Crippen LogP contribution in [0.1, 0.15) is 39.9 Å². The number of carbonyl (C=O) groups excluding carboxylic acids is 1. The van der Waals surface area contributed by atoms with Gasteiger partial charge in [0, 0.05) is 12.0 Å². The van der Waals surface area contributed by atoms with Crippen LogP contribution in [0, 0.1) is 16.0 Å². The number of nitro groups is 1. The second kappa shape index (κ2) is 6.29. The van der Waals surface area contributed by atoms with E-state index in [9.17, 15) is 14.9 Å². The molecule has 4 rings (SSSR count). The fourth-order valence-electron chi connectivity index (χ4n) is 4.03. The molecule has 3 atom stereocenters. The highest BCUT2D eigenvalue weighted by Gasteiger charge is 2.40. The van der Waals surface area contributed by atoms with E-state index in [4.69, 9.17) is 4.74 Å². The zero-order valence-corrected chi connectivity index (χ0v) is 14.2. The number of ether oxygens (including phenoxy) is 1. The van der Waals surface area contributed by atoms with Crippen molar-refractivity contribution in [3.63, 3.8) is 0 Å². The van der Waals surface area contributed by atoms with Crippen LogP contribution in [-0.2, 0) is 4.74 Å². The number of nitrogens with one attached hydrogen (secondary N) is 1. The highest BCUT2D eigenvalue weighted by Crippen LogP contribution is 2.51. The van der Waals surface area contributed by atoms with Crippen molar-refractivity contribution in [1.29, 1.82) is 0 Å². The number of nitrogens with zero attached hydrogens (tertiary/aromatic N) is 1. The first-order valence-corrected chi connectivity index (χ1v) is 8.49. The lowest BCUT2D eigenvalue weighted by atomic mass is 9.76. The Kier molecular flexibility index (Phi) is 3.95. The van der Waals surface area contributed by atoms with E-state index in [1.54, 1.807) is 18.2 Å².